The third-order valence-corrected chi connectivity index (χ3v) is 17.9. The van der Waals surface area contributed by atoms with E-state index in [1.54, 1.807) is 0 Å². The van der Waals surface area contributed by atoms with E-state index in [0.717, 1.165) is 29.2 Å². The molecule has 0 radical (unpaired) electrons. The zero-order valence-corrected chi connectivity index (χ0v) is 48.1. The van der Waals surface area contributed by atoms with E-state index in [2.05, 4.69) is 302 Å². The lowest BCUT2D eigenvalue weighted by molar-refractivity contribution is 0.590. The van der Waals surface area contributed by atoms with Crippen LogP contribution in [0.25, 0.3) is 43.1 Å². The largest absolute Gasteiger partial charge is 0.311 e. The molecule has 11 aromatic rings. The second-order valence-corrected chi connectivity index (χ2v) is 26.0. The van der Waals surface area contributed by atoms with Crippen molar-refractivity contribution in [2.24, 2.45) is 0 Å². The molecule has 0 bridgehead atoms. The van der Waals surface area contributed by atoms with Crippen LogP contribution in [-0.2, 0) is 22.7 Å². The molecule has 0 aliphatic carbocycles. The highest BCUT2D eigenvalue weighted by Crippen LogP contribution is 2.52. The summed E-state index contributed by atoms with van der Waals surface area (Å²) in [6, 6.07) is 83.0. The Hall–Kier alpha value is -8.12. The van der Waals surface area contributed by atoms with Gasteiger partial charge in [-0.1, -0.05) is 209 Å². The third kappa shape index (κ3) is 8.75. The number of thiophene rings is 1. The van der Waals surface area contributed by atoms with Crippen LogP contribution in [0.5, 0.6) is 0 Å². The van der Waals surface area contributed by atoms with E-state index in [1.807, 2.05) is 11.3 Å². The average Bonchev–Trinajstić information content (AvgIpc) is 3.86. The van der Waals surface area contributed by atoms with Crippen LogP contribution in [0.15, 0.2) is 218 Å². The Morgan fingerprint density at radius 2 is 0.987 bits per heavy atom. The number of nitrogens with zero attached hydrogens (tertiary/aromatic N) is 3. The summed E-state index contributed by atoms with van der Waals surface area (Å²) in [6.45, 7) is 23.1. The first-order chi connectivity index (χ1) is 38.0. The summed E-state index contributed by atoms with van der Waals surface area (Å²) in [5.41, 5.74) is 23.2. The predicted molar refractivity (Wildman–Crippen MR) is 344 cm³/mol. The van der Waals surface area contributed by atoms with Gasteiger partial charge in [0.25, 0.3) is 6.71 Å². The van der Waals surface area contributed by atoms with E-state index in [9.17, 15) is 0 Å². The molecule has 79 heavy (non-hydrogen) atoms. The first kappa shape index (κ1) is 50.4. The van der Waals surface area contributed by atoms with Crippen LogP contribution < -0.4 is 30.4 Å². The minimum Gasteiger partial charge on any atom is -0.311 e. The van der Waals surface area contributed by atoms with Gasteiger partial charge in [0, 0.05) is 60.1 Å². The van der Waals surface area contributed by atoms with Crippen LogP contribution in [0.2, 0.25) is 0 Å². The van der Waals surface area contributed by atoms with Crippen molar-refractivity contribution in [3.05, 3.63) is 241 Å². The maximum atomic E-state index is 2.66. The number of rotatable bonds is 8. The smallest absolute Gasteiger partial charge is 0.264 e. The lowest BCUT2D eigenvalue weighted by atomic mass is 9.36. The molecule has 0 amide bonds. The molecular weight excluding hydrogens is 974 g/mol. The molecule has 0 spiro atoms. The first-order valence-corrected chi connectivity index (χ1v) is 29.1. The molecule has 10 aromatic carbocycles. The number of hydrogen-bond acceptors (Lipinski definition) is 4. The number of hydrogen-bond donors (Lipinski definition) is 0. The maximum Gasteiger partial charge on any atom is 0.264 e. The van der Waals surface area contributed by atoms with Gasteiger partial charge in [0.2, 0.25) is 0 Å². The summed E-state index contributed by atoms with van der Waals surface area (Å²) in [5, 5.41) is 3.73. The summed E-state index contributed by atoms with van der Waals surface area (Å²) < 4.78 is 2.68. The van der Waals surface area contributed by atoms with Gasteiger partial charge >= 0.3 is 0 Å². The Bertz CT molecular complexity index is 4120. The number of fused-ring (bicyclic) bond motifs is 7. The fourth-order valence-electron chi connectivity index (χ4n) is 12.3. The van der Waals surface area contributed by atoms with Crippen LogP contribution in [0.1, 0.15) is 91.5 Å². The number of benzene rings is 10. The van der Waals surface area contributed by atoms with Crippen molar-refractivity contribution in [1.29, 1.82) is 0 Å². The summed E-state index contributed by atoms with van der Waals surface area (Å²) in [5.74, 6) is 0. The van der Waals surface area contributed by atoms with Crippen molar-refractivity contribution in [2.45, 2.75) is 91.9 Å². The fourth-order valence-corrected chi connectivity index (χ4v) is 13.6. The van der Waals surface area contributed by atoms with Gasteiger partial charge in [-0.3, -0.25) is 0 Å². The molecule has 3 nitrogen and oxygen atoms in total. The Morgan fingerprint density at radius 3 is 1.62 bits per heavy atom. The molecule has 0 atom stereocenters. The summed E-state index contributed by atoms with van der Waals surface area (Å²) in [7, 11) is 0. The van der Waals surface area contributed by atoms with Crippen LogP contribution in [0.3, 0.4) is 0 Å². The van der Waals surface area contributed by atoms with Gasteiger partial charge in [-0.15, -0.1) is 11.3 Å². The van der Waals surface area contributed by atoms with Crippen LogP contribution in [-0.4, -0.2) is 6.71 Å². The Kier molecular flexibility index (Phi) is 12.2. The van der Waals surface area contributed by atoms with Gasteiger partial charge < -0.3 is 14.7 Å². The molecular formula is C74H68BN3S. The zero-order valence-electron chi connectivity index (χ0n) is 47.3. The average molecular weight is 1040 g/mol. The summed E-state index contributed by atoms with van der Waals surface area (Å²) in [4.78, 5) is 7.79. The molecule has 1 aromatic heterocycles. The molecule has 2 aliphatic heterocycles. The van der Waals surface area contributed by atoms with Crippen LogP contribution >= 0.6 is 11.3 Å². The lowest BCUT2D eigenvalue weighted by Gasteiger charge is -2.44. The highest BCUT2D eigenvalue weighted by molar-refractivity contribution is 7.33. The standard InChI is InChI=1S/C74H68BN3S/c1-11-48-42-66-69-67(43-48)78(64-45-52-27-19-18-26-51(52)44-60(64)50-24-16-13-17-25-50)65-47-58(76(56-35-30-53(31-36-56)72(2,3)4)63-29-21-20-28-59(63)49-22-14-12-15-23-49)39-40-62(65)75(69)71-70(61-46-55(74(8,9)10)34-41-68(61)79-71)77(66)57-37-32-54(33-38-57)73(5,6)7/h12-47H,11H2,1-10H3. The van der Waals surface area contributed by atoms with Crippen molar-refractivity contribution >= 4 is 106 Å². The summed E-state index contributed by atoms with van der Waals surface area (Å²) in [6.07, 6.45) is 0.881. The molecule has 0 fully saturated rings. The second kappa shape index (κ2) is 19.1. The molecule has 0 saturated heterocycles. The predicted octanol–water partition coefficient (Wildman–Crippen LogP) is 19.4. The lowest BCUT2D eigenvalue weighted by Crippen LogP contribution is -2.60. The van der Waals surface area contributed by atoms with Crippen molar-refractivity contribution in [3.8, 4) is 22.3 Å². The van der Waals surface area contributed by atoms with Gasteiger partial charge in [0.1, 0.15) is 0 Å². The van der Waals surface area contributed by atoms with E-state index in [1.165, 1.54) is 110 Å². The molecule has 2 aliphatic rings. The topological polar surface area (TPSA) is 9.72 Å². The minimum absolute atomic E-state index is 0.00272. The first-order valence-electron chi connectivity index (χ1n) is 28.3. The fraction of sp³-hybridized carbons (Fsp3) is 0.189. The second-order valence-electron chi connectivity index (χ2n) is 24.9. The Balaban J connectivity index is 1.15. The van der Waals surface area contributed by atoms with E-state index >= 15 is 0 Å². The van der Waals surface area contributed by atoms with E-state index in [4.69, 9.17) is 0 Å². The van der Waals surface area contributed by atoms with Crippen molar-refractivity contribution in [3.63, 3.8) is 0 Å². The van der Waals surface area contributed by atoms with Gasteiger partial charge in [0.05, 0.1) is 17.1 Å². The molecule has 3 heterocycles. The van der Waals surface area contributed by atoms with Crippen molar-refractivity contribution in [1.82, 2.24) is 0 Å². The SMILES string of the molecule is CCc1cc2c3c(c1)N(c1ccc(C(C)(C)C)cc1)c1c(sc4ccc(C(C)(C)C)cc14)B3c1ccc(N(c3ccc(C(C)(C)C)cc3)c3ccccc3-c3ccccc3)cc1N2c1cc2ccccc2cc1-c1ccccc1. The number of anilines is 9. The van der Waals surface area contributed by atoms with E-state index < -0.39 is 0 Å². The third-order valence-electron chi connectivity index (χ3n) is 16.6. The Labute approximate surface area is 472 Å². The van der Waals surface area contributed by atoms with Crippen LogP contribution in [0, 0.1) is 0 Å². The molecule has 5 heteroatoms. The highest BCUT2D eigenvalue weighted by Gasteiger charge is 2.46. The van der Waals surface area contributed by atoms with Gasteiger partial charge in [-0.05, 0) is 157 Å². The van der Waals surface area contributed by atoms with Gasteiger partial charge in [-0.25, -0.2) is 0 Å². The van der Waals surface area contributed by atoms with Crippen molar-refractivity contribution in [2.75, 3.05) is 14.7 Å². The minimum atomic E-state index is -0.0523. The number of aryl methyl sites for hydroxylation is 1. The monoisotopic (exact) mass is 1040 g/mol. The summed E-state index contributed by atoms with van der Waals surface area (Å²) >= 11 is 1.97. The molecule has 0 N–H and O–H groups in total. The highest BCUT2D eigenvalue weighted by atomic mass is 32.1. The van der Waals surface area contributed by atoms with Crippen LogP contribution in [0.4, 0.5) is 51.2 Å². The maximum absolute atomic E-state index is 2.66. The quantitative estimate of drug-likeness (QED) is 0.140. The van der Waals surface area contributed by atoms with Crippen molar-refractivity contribution < 1.29 is 0 Å². The molecule has 13 rings (SSSR count). The zero-order chi connectivity index (χ0) is 54.5. The number of para-hydroxylation sites is 1. The van der Waals surface area contributed by atoms with Gasteiger partial charge in [0.15, 0.2) is 0 Å². The normalized spacial score (nSPS) is 13.2. The van der Waals surface area contributed by atoms with E-state index in [-0.39, 0.29) is 23.0 Å². The molecule has 0 unspecified atom stereocenters. The molecule has 388 valence electrons. The van der Waals surface area contributed by atoms with Gasteiger partial charge in [-0.2, -0.15) is 0 Å². The Morgan fingerprint density at radius 1 is 0.443 bits per heavy atom. The van der Waals surface area contributed by atoms with E-state index in [0.29, 0.717) is 0 Å². The molecule has 0 saturated carbocycles.